The Labute approximate surface area is 184 Å². The zero-order chi connectivity index (χ0) is 21.7. The number of hydrogen-bond acceptors (Lipinski definition) is 3. The number of fused-ring (bicyclic) bond motifs is 2. The van der Waals surface area contributed by atoms with Crippen LogP contribution in [0.5, 0.6) is 0 Å². The van der Waals surface area contributed by atoms with Crippen LogP contribution >= 0.6 is 11.6 Å². The second-order valence-corrected chi connectivity index (χ2v) is 8.49. The monoisotopic (exact) mass is 429 g/mol. The fourth-order valence-corrected chi connectivity index (χ4v) is 4.38. The van der Waals surface area contributed by atoms with Crippen LogP contribution in [0.2, 0.25) is 5.02 Å². The summed E-state index contributed by atoms with van der Waals surface area (Å²) in [7, 11) is 0. The van der Waals surface area contributed by atoms with Gasteiger partial charge in [-0.05, 0) is 47.4 Å². The van der Waals surface area contributed by atoms with Crippen molar-refractivity contribution in [2.45, 2.75) is 25.8 Å². The maximum atomic E-state index is 13.5. The van der Waals surface area contributed by atoms with E-state index in [1.165, 1.54) is 5.56 Å². The average molecular weight is 430 g/mol. The molecule has 0 fully saturated rings. The van der Waals surface area contributed by atoms with Crippen LogP contribution < -0.4 is 10.3 Å². The molecule has 1 atom stereocenters. The SMILES string of the molecule is CC(C)c1ccc(C2c3c(oc4ccccc4c3=O)C(=O)N2c2cccc(Cl)c2)cc1. The molecular formula is C26H20ClNO3. The van der Waals surface area contributed by atoms with Crippen molar-refractivity contribution in [2.75, 3.05) is 4.90 Å². The lowest BCUT2D eigenvalue weighted by atomic mass is 9.95. The van der Waals surface area contributed by atoms with Gasteiger partial charge in [0.2, 0.25) is 5.76 Å². The molecule has 0 aliphatic carbocycles. The Morgan fingerprint density at radius 1 is 0.935 bits per heavy atom. The summed E-state index contributed by atoms with van der Waals surface area (Å²) in [4.78, 5) is 28.6. The molecule has 1 unspecified atom stereocenters. The van der Waals surface area contributed by atoms with E-state index in [-0.39, 0.29) is 17.1 Å². The van der Waals surface area contributed by atoms with E-state index in [1.807, 2.05) is 30.3 Å². The summed E-state index contributed by atoms with van der Waals surface area (Å²) in [5.74, 6) is 0.115. The van der Waals surface area contributed by atoms with Crippen LogP contribution in [0.4, 0.5) is 5.69 Å². The highest BCUT2D eigenvalue weighted by Crippen LogP contribution is 2.41. The first-order valence-corrected chi connectivity index (χ1v) is 10.6. The fourth-order valence-electron chi connectivity index (χ4n) is 4.19. The first-order chi connectivity index (χ1) is 15.0. The Morgan fingerprint density at radius 2 is 1.68 bits per heavy atom. The van der Waals surface area contributed by atoms with Gasteiger partial charge in [-0.2, -0.15) is 0 Å². The zero-order valence-electron chi connectivity index (χ0n) is 17.1. The lowest BCUT2D eigenvalue weighted by Gasteiger charge is -2.25. The van der Waals surface area contributed by atoms with Crippen molar-refractivity contribution in [2.24, 2.45) is 0 Å². The van der Waals surface area contributed by atoms with Gasteiger partial charge >= 0.3 is 0 Å². The summed E-state index contributed by atoms with van der Waals surface area (Å²) in [6, 6.07) is 21.6. The molecule has 2 heterocycles. The molecule has 31 heavy (non-hydrogen) atoms. The number of hydrogen-bond donors (Lipinski definition) is 0. The van der Waals surface area contributed by atoms with Gasteiger partial charge in [0, 0.05) is 10.7 Å². The third-order valence-electron chi connectivity index (χ3n) is 5.78. The van der Waals surface area contributed by atoms with Crippen LogP contribution in [0.3, 0.4) is 0 Å². The number of halogens is 1. The number of nitrogens with zero attached hydrogens (tertiary/aromatic N) is 1. The first-order valence-electron chi connectivity index (χ1n) is 10.2. The first kappa shape index (κ1) is 19.6. The van der Waals surface area contributed by atoms with Gasteiger partial charge in [-0.15, -0.1) is 0 Å². The zero-order valence-corrected chi connectivity index (χ0v) is 17.9. The van der Waals surface area contributed by atoms with Crippen LogP contribution in [0.1, 0.15) is 53.1 Å². The Balaban J connectivity index is 1.78. The predicted molar refractivity (Wildman–Crippen MR) is 123 cm³/mol. The largest absolute Gasteiger partial charge is 0.450 e. The van der Waals surface area contributed by atoms with Gasteiger partial charge in [0.15, 0.2) is 5.43 Å². The second-order valence-electron chi connectivity index (χ2n) is 8.05. The maximum absolute atomic E-state index is 13.5. The number of anilines is 1. The standard InChI is InChI=1S/C26H20ClNO3/c1-15(2)16-10-12-17(13-11-16)23-22-24(29)20-8-3-4-9-21(20)31-25(22)26(30)28(23)19-7-5-6-18(27)14-19/h3-15,23H,1-2H3. The third-order valence-corrected chi connectivity index (χ3v) is 6.02. The van der Waals surface area contributed by atoms with Crippen molar-refractivity contribution in [1.82, 2.24) is 0 Å². The van der Waals surface area contributed by atoms with Crippen LogP contribution in [0, 0.1) is 0 Å². The van der Waals surface area contributed by atoms with Crippen molar-refractivity contribution in [3.05, 3.63) is 110 Å². The molecule has 1 aliphatic heterocycles. The lowest BCUT2D eigenvalue weighted by molar-refractivity contribution is 0.0971. The quantitative estimate of drug-likeness (QED) is 0.383. The summed E-state index contributed by atoms with van der Waals surface area (Å²) in [6.45, 7) is 4.25. The van der Waals surface area contributed by atoms with Crippen LogP contribution in [0.25, 0.3) is 11.0 Å². The van der Waals surface area contributed by atoms with E-state index in [4.69, 9.17) is 16.0 Å². The molecule has 5 rings (SSSR count). The smallest absolute Gasteiger partial charge is 0.295 e. The van der Waals surface area contributed by atoms with Gasteiger partial charge < -0.3 is 4.42 Å². The van der Waals surface area contributed by atoms with E-state index < -0.39 is 6.04 Å². The minimum absolute atomic E-state index is 0.0848. The average Bonchev–Trinajstić information content (AvgIpc) is 3.06. The van der Waals surface area contributed by atoms with Gasteiger partial charge in [-0.1, -0.05) is 67.9 Å². The summed E-state index contributed by atoms with van der Waals surface area (Å²) in [6.07, 6.45) is 0. The molecule has 0 spiro atoms. The molecule has 154 valence electrons. The molecule has 0 saturated heterocycles. The molecule has 0 N–H and O–H groups in total. The summed E-state index contributed by atoms with van der Waals surface area (Å²) >= 11 is 6.23. The Kier molecular flexibility index (Phi) is 4.67. The number of benzene rings is 3. The normalized spacial score (nSPS) is 15.7. The Hall–Kier alpha value is -3.37. The molecule has 1 aromatic heterocycles. The van der Waals surface area contributed by atoms with Crippen LogP contribution in [-0.4, -0.2) is 5.91 Å². The fraction of sp³-hybridized carbons (Fsp3) is 0.154. The Bertz CT molecular complexity index is 1370. The minimum atomic E-state index is -0.594. The highest BCUT2D eigenvalue weighted by Gasteiger charge is 2.43. The van der Waals surface area contributed by atoms with Crippen LogP contribution in [0.15, 0.2) is 82.0 Å². The van der Waals surface area contributed by atoms with Crippen LogP contribution in [-0.2, 0) is 0 Å². The molecule has 1 aliphatic rings. The topological polar surface area (TPSA) is 50.5 Å². The lowest BCUT2D eigenvalue weighted by Crippen LogP contribution is -2.29. The van der Waals surface area contributed by atoms with Gasteiger partial charge in [-0.25, -0.2) is 0 Å². The predicted octanol–water partition coefficient (Wildman–Crippen LogP) is 6.32. The van der Waals surface area contributed by atoms with E-state index in [1.54, 1.807) is 47.4 Å². The van der Waals surface area contributed by atoms with Gasteiger partial charge in [0.1, 0.15) is 5.58 Å². The van der Waals surface area contributed by atoms with Gasteiger partial charge in [0.05, 0.1) is 17.0 Å². The number of amides is 1. The summed E-state index contributed by atoms with van der Waals surface area (Å²) in [5.41, 5.74) is 3.23. The maximum Gasteiger partial charge on any atom is 0.295 e. The van der Waals surface area contributed by atoms with E-state index in [0.717, 1.165) is 5.56 Å². The molecule has 5 heteroatoms. The van der Waals surface area contributed by atoms with Crippen molar-refractivity contribution in [3.63, 3.8) is 0 Å². The van der Waals surface area contributed by atoms with Crippen molar-refractivity contribution >= 4 is 34.2 Å². The number of rotatable bonds is 3. The van der Waals surface area contributed by atoms with E-state index >= 15 is 0 Å². The number of carbonyl (C=O) groups excluding carboxylic acids is 1. The summed E-state index contributed by atoms with van der Waals surface area (Å²) < 4.78 is 5.97. The number of para-hydroxylation sites is 1. The number of carbonyl (C=O) groups is 1. The van der Waals surface area contributed by atoms with Gasteiger partial charge in [0.25, 0.3) is 5.91 Å². The van der Waals surface area contributed by atoms with Crippen molar-refractivity contribution in [3.8, 4) is 0 Å². The van der Waals surface area contributed by atoms with Crippen molar-refractivity contribution in [1.29, 1.82) is 0 Å². The highest BCUT2D eigenvalue weighted by atomic mass is 35.5. The molecule has 0 bridgehead atoms. The van der Waals surface area contributed by atoms with E-state index in [2.05, 4.69) is 13.8 Å². The van der Waals surface area contributed by atoms with E-state index in [0.29, 0.717) is 33.2 Å². The van der Waals surface area contributed by atoms with Gasteiger partial charge in [-0.3, -0.25) is 14.5 Å². The minimum Gasteiger partial charge on any atom is -0.450 e. The molecule has 4 aromatic rings. The third kappa shape index (κ3) is 3.15. The molecule has 4 nitrogen and oxygen atoms in total. The van der Waals surface area contributed by atoms with Crippen molar-refractivity contribution < 1.29 is 9.21 Å². The second kappa shape index (κ2) is 7.40. The molecule has 0 saturated carbocycles. The highest BCUT2D eigenvalue weighted by molar-refractivity contribution is 6.31. The summed E-state index contributed by atoms with van der Waals surface area (Å²) in [5, 5.41) is 0.977. The molecular weight excluding hydrogens is 410 g/mol. The molecule has 1 amide bonds. The Morgan fingerprint density at radius 3 is 2.39 bits per heavy atom. The molecule has 0 radical (unpaired) electrons. The molecule has 3 aromatic carbocycles. The van der Waals surface area contributed by atoms with E-state index in [9.17, 15) is 9.59 Å².